The van der Waals surface area contributed by atoms with Crippen molar-refractivity contribution in [2.24, 2.45) is 5.10 Å². The minimum Gasteiger partial charge on any atom is -0.354 e. The molecule has 0 bridgehead atoms. The second kappa shape index (κ2) is 27.3. The fraction of sp³-hybridized carbons (Fsp3) is 0.523. The van der Waals surface area contributed by atoms with Crippen molar-refractivity contribution in [3.8, 4) is 12.3 Å². The number of hydroxylamine groups is 1. The number of hydrazine groups is 1. The van der Waals surface area contributed by atoms with Crippen LogP contribution in [0.1, 0.15) is 105 Å². The van der Waals surface area contributed by atoms with Crippen LogP contribution in [0.3, 0.4) is 0 Å². The van der Waals surface area contributed by atoms with Crippen LogP contribution in [0.25, 0.3) is 0 Å². The summed E-state index contributed by atoms with van der Waals surface area (Å²) in [4.78, 5) is 76.2. The number of benzene rings is 2. The van der Waals surface area contributed by atoms with Crippen LogP contribution < -0.4 is 37.6 Å². The number of hydrazone groups is 1. The Morgan fingerprint density at radius 3 is 2.08 bits per heavy atom. The summed E-state index contributed by atoms with van der Waals surface area (Å²) in [6.45, 7) is 0.553. The van der Waals surface area contributed by atoms with Gasteiger partial charge in [0.2, 0.25) is 35.2 Å². The molecule has 0 aromatic heterocycles. The number of nitrogens with one attached hydrogen (secondary N) is 7. The van der Waals surface area contributed by atoms with E-state index in [1.807, 2.05) is 43.3 Å². The lowest BCUT2D eigenvalue weighted by atomic mass is 10.0. The molecule has 1 saturated heterocycles. The van der Waals surface area contributed by atoms with Crippen molar-refractivity contribution in [3.63, 3.8) is 0 Å². The van der Waals surface area contributed by atoms with Gasteiger partial charge in [-0.2, -0.15) is 18.3 Å². The Bertz CT molecular complexity index is 1900. The third-order valence-electron chi connectivity index (χ3n) is 10.3. The van der Waals surface area contributed by atoms with Crippen LogP contribution in [-0.2, 0) is 36.1 Å². The molecule has 350 valence electrons. The minimum absolute atomic E-state index is 0.0229. The third kappa shape index (κ3) is 18.5. The van der Waals surface area contributed by atoms with Gasteiger partial charge in [0, 0.05) is 69.2 Å². The molecule has 64 heavy (non-hydrogen) atoms. The topological polar surface area (TPSA) is 246 Å². The Morgan fingerprint density at radius 1 is 0.812 bits per heavy atom. The number of carbonyl (C=O) groups excluding carboxylic acids is 6. The van der Waals surface area contributed by atoms with Crippen molar-refractivity contribution in [2.75, 3.05) is 45.6 Å². The third-order valence-corrected chi connectivity index (χ3v) is 10.3. The summed E-state index contributed by atoms with van der Waals surface area (Å²) in [5.74, 6) is 0.401. The molecule has 0 unspecified atom stereocenters. The first-order valence-electron chi connectivity index (χ1n) is 21.4. The number of hydrogen-bond donors (Lipinski definition) is 8. The second-order valence-corrected chi connectivity index (χ2v) is 15.5. The summed E-state index contributed by atoms with van der Waals surface area (Å²) in [5.41, 5.74) is 5.26. The lowest BCUT2D eigenvalue weighted by Gasteiger charge is -2.23. The quantitative estimate of drug-likeness (QED) is 0.0147. The number of unbranched alkanes of at least 4 members (excludes halogenated alkanes) is 5. The Hall–Kier alpha value is -5.88. The number of halogens is 3. The van der Waals surface area contributed by atoms with E-state index in [-0.39, 0.29) is 67.8 Å². The first kappa shape index (κ1) is 52.5. The summed E-state index contributed by atoms with van der Waals surface area (Å²) in [5, 5.41) is 25.0. The molecule has 2 aromatic carbocycles. The van der Waals surface area contributed by atoms with Crippen LogP contribution in [0, 0.1) is 12.3 Å². The van der Waals surface area contributed by atoms with Crippen LogP contribution in [0.4, 0.5) is 18.9 Å². The standard InChI is InChI=1S/C44H61F3N10O7/c1-4-5-17-40(61)57(51-29-13-28-49-41(62)33-20-22-34(23-21-33)43(54-55-43)44(45,46)47)31-39(60)48-27-12-8-9-14-36(56(2)3)42(63)50-30-26-32-18-24-35(25-19-32)52-37(58)15-10-6-7-11-16-38(59)53-64/h1,18-25,29,36,54-55,64H,5-17,26-28,30-31H2,2-3H3,(H,48,60)(H,49,62)(H,50,63)(H,52,58)(H,53,59)/b51-29+/t36-/m1/s1. The van der Waals surface area contributed by atoms with Crippen molar-refractivity contribution in [1.29, 1.82) is 0 Å². The molecule has 3 rings (SSSR count). The van der Waals surface area contributed by atoms with Gasteiger partial charge in [-0.1, -0.05) is 49.9 Å². The number of terminal acetylenes is 1. The highest BCUT2D eigenvalue weighted by Crippen LogP contribution is 2.42. The van der Waals surface area contributed by atoms with E-state index < -0.39 is 35.5 Å². The molecule has 0 spiro atoms. The molecule has 20 heteroatoms. The van der Waals surface area contributed by atoms with E-state index in [2.05, 4.69) is 43.1 Å². The fourth-order valence-corrected chi connectivity index (χ4v) is 6.48. The average molecular weight is 899 g/mol. The molecule has 17 nitrogen and oxygen atoms in total. The monoisotopic (exact) mass is 898 g/mol. The predicted molar refractivity (Wildman–Crippen MR) is 234 cm³/mol. The van der Waals surface area contributed by atoms with E-state index in [4.69, 9.17) is 11.6 Å². The highest BCUT2D eigenvalue weighted by Gasteiger charge is 2.65. The van der Waals surface area contributed by atoms with Gasteiger partial charge in [-0.15, -0.1) is 12.3 Å². The molecule has 2 aromatic rings. The Balaban J connectivity index is 1.31. The zero-order chi connectivity index (χ0) is 47.0. The van der Waals surface area contributed by atoms with Gasteiger partial charge in [-0.05, 0) is 81.6 Å². The smallest absolute Gasteiger partial charge is 0.354 e. The van der Waals surface area contributed by atoms with Gasteiger partial charge >= 0.3 is 6.18 Å². The second-order valence-electron chi connectivity index (χ2n) is 15.5. The normalized spacial score (nSPS) is 13.4. The average Bonchev–Trinajstić information content (AvgIpc) is 4.09. The number of anilines is 1. The van der Waals surface area contributed by atoms with Crippen LogP contribution >= 0.6 is 0 Å². The largest absolute Gasteiger partial charge is 0.426 e. The molecule has 1 fully saturated rings. The summed E-state index contributed by atoms with van der Waals surface area (Å²) in [7, 11) is 3.69. The van der Waals surface area contributed by atoms with Crippen molar-refractivity contribution >= 4 is 47.3 Å². The number of amides is 6. The molecular formula is C44H61F3N10O7. The summed E-state index contributed by atoms with van der Waals surface area (Å²) in [6.07, 6.45) is 9.36. The number of alkyl halides is 3. The molecule has 0 aliphatic carbocycles. The SMILES string of the molecule is C#CCCC(=O)N(CC(=O)NCCCCC[C@H](C(=O)NCCc1ccc(NC(=O)CCCCCCC(=O)NO)cc1)N(C)C)/N=C/CCNC(=O)c1ccc(C2(C(F)(F)F)NN2)cc1. The minimum atomic E-state index is -4.56. The van der Waals surface area contributed by atoms with Gasteiger partial charge in [-0.25, -0.2) is 21.3 Å². The molecule has 1 aliphatic rings. The Kier molecular flexibility index (Phi) is 22.4. The van der Waals surface area contributed by atoms with E-state index >= 15 is 0 Å². The lowest BCUT2D eigenvalue weighted by Crippen LogP contribution is -2.44. The van der Waals surface area contributed by atoms with Gasteiger partial charge < -0.3 is 21.3 Å². The maximum Gasteiger partial charge on any atom is 0.426 e. The Labute approximate surface area is 372 Å². The van der Waals surface area contributed by atoms with Crippen molar-refractivity contribution < 1.29 is 47.1 Å². The highest BCUT2D eigenvalue weighted by molar-refractivity contribution is 5.94. The number of likely N-dealkylation sites (N-methyl/N-ethyl adjacent to an activating group) is 1. The number of carbonyl (C=O) groups is 6. The highest BCUT2D eigenvalue weighted by atomic mass is 19.4. The summed E-state index contributed by atoms with van der Waals surface area (Å²) >= 11 is 0. The number of hydrogen-bond acceptors (Lipinski definition) is 11. The van der Waals surface area contributed by atoms with Crippen LogP contribution in [-0.4, -0.2) is 109 Å². The fourth-order valence-electron chi connectivity index (χ4n) is 6.48. The zero-order valence-electron chi connectivity index (χ0n) is 36.5. The van der Waals surface area contributed by atoms with Crippen LogP contribution in [0.2, 0.25) is 0 Å². The van der Waals surface area contributed by atoms with Gasteiger partial charge in [0.05, 0.1) is 6.04 Å². The van der Waals surface area contributed by atoms with E-state index in [0.717, 1.165) is 36.3 Å². The summed E-state index contributed by atoms with van der Waals surface area (Å²) < 4.78 is 39.9. The maximum atomic E-state index is 13.3. The van der Waals surface area contributed by atoms with Gasteiger partial charge in [0.25, 0.3) is 5.91 Å². The first-order chi connectivity index (χ1) is 30.6. The van der Waals surface area contributed by atoms with Crippen LogP contribution in [0.5, 0.6) is 0 Å². The van der Waals surface area contributed by atoms with Gasteiger partial charge in [-0.3, -0.25) is 38.9 Å². The molecule has 1 aliphatic heterocycles. The maximum absolute atomic E-state index is 13.3. The molecule has 0 saturated carbocycles. The molecule has 0 radical (unpaired) electrons. The molecular weight excluding hydrogens is 838 g/mol. The Morgan fingerprint density at radius 2 is 1.47 bits per heavy atom. The predicted octanol–water partition coefficient (Wildman–Crippen LogP) is 3.61. The molecule has 8 N–H and O–H groups in total. The van der Waals surface area contributed by atoms with E-state index in [0.29, 0.717) is 57.3 Å². The molecule has 1 atom stereocenters. The van der Waals surface area contributed by atoms with Gasteiger partial charge in [0.15, 0.2) is 0 Å². The van der Waals surface area contributed by atoms with Crippen LogP contribution in [0.15, 0.2) is 53.6 Å². The van der Waals surface area contributed by atoms with Gasteiger partial charge in [0.1, 0.15) is 6.54 Å². The lowest BCUT2D eigenvalue weighted by molar-refractivity contribution is -0.165. The summed E-state index contributed by atoms with van der Waals surface area (Å²) in [6, 6.07) is 12.1. The molecule has 6 amide bonds. The molecule has 1 heterocycles. The van der Waals surface area contributed by atoms with Crippen molar-refractivity contribution in [2.45, 2.75) is 108 Å². The van der Waals surface area contributed by atoms with Crippen molar-refractivity contribution in [3.05, 3.63) is 65.2 Å². The number of nitrogens with zero attached hydrogens (tertiary/aromatic N) is 3. The van der Waals surface area contributed by atoms with E-state index in [1.54, 1.807) is 5.48 Å². The van der Waals surface area contributed by atoms with Crippen molar-refractivity contribution in [1.82, 2.24) is 42.2 Å². The van der Waals surface area contributed by atoms with E-state index in [1.165, 1.54) is 30.5 Å². The number of rotatable bonds is 29. The van der Waals surface area contributed by atoms with E-state index in [9.17, 15) is 41.9 Å². The zero-order valence-corrected chi connectivity index (χ0v) is 36.5. The first-order valence-corrected chi connectivity index (χ1v) is 21.4.